The highest BCUT2D eigenvalue weighted by atomic mass is 32.1. The Morgan fingerprint density at radius 2 is 2.00 bits per heavy atom. The van der Waals surface area contributed by atoms with Crippen LogP contribution in [0.5, 0.6) is 5.88 Å². The highest BCUT2D eigenvalue weighted by molar-refractivity contribution is 7.20. The van der Waals surface area contributed by atoms with Gasteiger partial charge in [0.25, 0.3) is 5.91 Å². The maximum absolute atomic E-state index is 12.8. The summed E-state index contributed by atoms with van der Waals surface area (Å²) < 4.78 is 10.4. The summed E-state index contributed by atoms with van der Waals surface area (Å²) in [6.07, 6.45) is 0.671. The minimum absolute atomic E-state index is 0.230. The summed E-state index contributed by atoms with van der Waals surface area (Å²) in [4.78, 5) is 35.0. The topological polar surface area (TPSA) is 102 Å². The van der Waals surface area contributed by atoms with E-state index in [0.717, 1.165) is 0 Å². The molecule has 1 N–H and O–H groups in total. The van der Waals surface area contributed by atoms with Crippen LogP contribution in [-0.4, -0.2) is 59.2 Å². The number of thiophene rings is 1. The maximum Gasteiger partial charge on any atom is 0.323 e. The lowest BCUT2D eigenvalue weighted by molar-refractivity contribution is -0.137. The SMILES string of the molecule is CCCN(CC(=O)O)C(=O)c1sc2nc(COC)nc(OC)c2c1C. The molecule has 25 heavy (non-hydrogen) atoms. The van der Waals surface area contributed by atoms with Crippen molar-refractivity contribution in [3.63, 3.8) is 0 Å². The molecule has 0 saturated heterocycles. The first-order valence-corrected chi connectivity index (χ1v) is 8.58. The third-order valence-electron chi connectivity index (χ3n) is 3.57. The minimum atomic E-state index is -1.04. The molecular weight excluding hydrogens is 346 g/mol. The quantitative estimate of drug-likeness (QED) is 0.762. The summed E-state index contributed by atoms with van der Waals surface area (Å²) in [6, 6.07) is 0. The zero-order chi connectivity index (χ0) is 18.6. The number of carbonyl (C=O) groups excluding carboxylic acids is 1. The number of nitrogens with zero attached hydrogens (tertiary/aromatic N) is 3. The highest BCUT2D eigenvalue weighted by Crippen LogP contribution is 2.35. The summed E-state index contributed by atoms with van der Waals surface area (Å²) in [5.41, 5.74) is 0.692. The number of carboxylic acids is 1. The zero-order valence-electron chi connectivity index (χ0n) is 14.7. The van der Waals surface area contributed by atoms with Gasteiger partial charge in [-0.2, -0.15) is 4.98 Å². The predicted molar refractivity (Wildman–Crippen MR) is 93.2 cm³/mol. The molecule has 0 unspecified atom stereocenters. The molecule has 2 heterocycles. The molecule has 0 saturated carbocycles. The van der Waals surface area contributed by atoms with Crippen LogP contribution in [0.3, 0.4) is 0 Å². The molecule has 0 aliphatic rings. The number of aromatic nitrogens is 2. The molecule has 0 aliphatic heterocycles. The van der Waals surface area contributed by atoms with Crippen molar-refractivity contribution in [1.82, 2.24) is 14.9 Å². The third-order valence-corrected chi connectivity index (χ3v) is 4.74. The van der Waals surface area contributed by atoms with Crippen LogP contribution in [-0.2, 0) is 16.1 Å². The summed E-state index contributed by atoms with van der Waals surface area (Å²) in [5, 5.41) is 9.72. The van der Waals surface area contributed by atoms with E-state index >= 15 is 0 Å². The number of rotatable bonds is 8. The van der Waals surface area contributed by atoms with Crippen LogP contribution in [0.4, 0.5) is 0 Å². The second-order valence-corrected chi connectivity index (χ2v) is 6.44. The van der Waals surface area contributed by atoms with Gasteiger partial charge in [0.2, 0.25) is 5.88 Å². The first-order chi connectivity index (χ1) is 11.9. The molecule has 2 rings (SSSR count). The molecule has 8 nitrogen and oxygen atoms in total. The Balaban J connectivity index is 2.52. The smallest absolute Gasteiger partial charge is 0.323 e. The van der Waals surface area contributed by atoms with Gasteiger partial charge in [-0.25, -0.2) is 4.98 Å². The van der Waals surface area contributed by atoms with Crippen molar-refractivity contribution < 1.29 is 24.2 Å². The molecular formula is C16H21N3O5S. The van der Waals surface area contributed by atoms with Crippen molar-refractivity contribution in [3.05, 3.63) is 16.3 Å². The van der Waals surface area contributed by atoms with Crippen molar-refractivity contribution in [1.29, 1.82) is 0 Å². The zero-order valence-corrected chi connectivity index (χ0v) is 15.5. The Kier molecular flexibility index (Phi) is 6.27. The van der Waals surface area contributed by atoms with Crippen LogP contribution in [0.1, 0.15) is 34.4 Å². The lowest BCUT2D eigenvalue weighted by atomic mass is 10.2. The molecule has 0 spiro atoms. The second-order valence-electron chi connectivity index (χ2n) is 5.44. The Morgan fingerprint density at radius 3 is 2.56 bits per heavy atom. The number of ether oxygens (including phenoxy) is 2. The number of methoxy groups -OCH3 is 2. The molecule has 136 valence electrons. The van der Waals surface area contributed by atoms with Gasteiger partial charge in [0.1, 0.15) is 18.0 Å². The van der Waals surface area contributed by atoms with Crippen LogP contribution < -0.4 is 4.74 Å². The number of carboxylic acid groups (broad SMARTS) is 1. The molecule has 2 aromatic heterocycles. The van der Waals surface area contributed by atoms with E-state index in [1.807, 2.05) is 6.92 Å². The number of hydrogen-bond donors (Lipinski definition) is 1. The van der Waals surface area contributed by atoms with E-state index in [1.165, 1.54) is 23.3 Å². The minimum Gasteiger partial charge on any atom is -0.480 e. The van der Waals surface area contributed by atoms with Crippen LogP contribution >= 0.6 is 11.3 Å². The number of hydrogen-bond acceptors (Lipinski definition) is 7. The molecule has 1 amide bonds. The highest BCUT2D eigenvalue weighted by Gasteiger charge is 2.25. The van der Waals surface area contributed by atoms with Crippen molar-refractivity contribution >= 4 is 33.4 Å². The second kappa shape index (κ2) is 8.21. The fourth-order valence-electron chi connectivity index (χ4n) is 2.52. The summed E-state index contributed by atoms with van der Waals surface area (Å²) in [7, 11) is 3.05. The van der Waals surface area contributed by atoms with E-state index in [9.17, 15) is 9.59 Å². The number of carbonyl (C=O) groups is 2. The number of amides is 1. The van der Waals surface area contributed by atoms with Crippen molar-refractivity contribution in [3.8, 4) is 5.88 Å². The third kappa shape index (κ3) is 4.05. The first kappa shape index (κ1) is 19.1. The molecule has 9 heteroatoms. The van der Waals surface area contributed by atoms with Crippen molar-refractivity contribution in [2.24, 2.45) is 0 Å². The van der Waals surface area contributed by atoms with Gasteiger partial charge in [-0.1, -0.05) is 6.92 Å². The van der Waals surface area contributed by atoms with E-state index in [2.05, 4.69) is 9.97 Å². The lowest BCUT2D eigenvalue weighted by Gasteiger charge is -2.19. The maximum atomic E-state index is 12.8. The van der Waals surface area contributed by atoms with Gasteiger partial charge in [-0.3, -0.25) is 9.59 Å². The van der Waals surface area contributed by atoms with E-state index in [0.29, 0.717) is 45.3 Å². The molecule has 0 aliphatic carbocycles. The van der Waals surface area contributed by atoms with E-state index in [4.69, 9.17) is 14.6 Å². The van der Waals surface area contributed by atoms with Gasteiger partial charge < -0.3 is 19.5 Å². The van der Waals surface area contributed by atoms with Crippen LogP contribution in [0.2, 0.25) is 0 Å². The Hall–Kier alpha value is -2.26. The van der Waals surface area contributed by atoms with E-state index in [-0.39, 0.29) is 19.1 Å². The van der Waals surface area contributed by atoms with Gasteiger partial charge in [0.15, 0.2) is 5.82 Å². The van der Waals surface area contributed by atoms with Gasteiger partial charge in [-0.15, -0.1) is 11.3 Å². The monoisotopic (exact) mass is 367 g/mol. The average molecular weight is 367 g/mol. The van der Waals surface area contributed by atoms with Crippen LogP contribution in [0.25, 0.3) is 10.2 Å². The molecule has 0 fully saturated rings. The molecule has 0 atom stereocenters. The standard InChI is InChI=1S/C16H21N3O5S/c1-5-6-19(7-11(20)21)16(22)13-9(2)12-14(24-4)17-10(8-23-3)18-15(12)25-13/h5-8H2,1-4H3,(H,20,21). The average Bonchev–Trinajstić information content (AvgIpc) is 2.90. The summed E-state index contributed by atoms with van der Waals surface area (Å²) in [5.74, 6) is -0.520. The molecule has 0 aromatic carbocycles. The Morgan fingerprint density at radius 1 is 1.28 bits per heavy atom. The predicted octanol–water partition coefficient (Wildman–Crippen LogP) is 2.09. The molecule has 2 aromatic rings. The van der Waals surface area contributed by atoms with Gasteiger partial charge in [0.05, 0.1) is 17.4 Å². The fourth-order valence-corrected chi connectivity index (χ4v) is 3.68. The van der Waals surface area contributed by atoms with Gasteiger partial charge >= 0.3 is 5.97 Å². The molecule has 0 bridgehead atoms. The van der Waals surface area contributed by atoms with Crippen LogP contribution in [0.15, 0.2) is 0 Å². The number of fused-ring (bicyclic) bond motifs is 1. The summed E-state index contributed by atoms with van der Waals surface area (Å²) >= 11 is 1.21. The van der Waals surface area contributed by atoms with Gasteiger partial charge in [0, 0.05) is 13.7 Å². The number of aliphatic carboxylic acids is 1. The normalized spacial score (nSPS) is 10.9. The van der Waals surface area contributed by atoms with Gasteiger partial charge in [-0.05, 0) is 18.9 Å². The summed E-state index contributed by atoms with van der Waals surface area (Å²) in [6.45, 7) is 3.95. The lowest BCUT2D eigenvalue weighted by Crippen LogP contribution is -2.36. The van der Waals surface area contributed by atoms with Crippen molar-refractivity contribution in [2.75, 3.05) is 27.3 Å². The Labute approximate surface area is 149 Å². The van der Waals surface area contributed by atoms with Crippen molar-refractivity contribution in [2.45, 2.75) is 26.9 Å². The van der Waals surface area contributed by atoms with E-state index < -0.39 is 5.97 Å². The van der Waals surface area contributed by atoms with Crippen LogP contribution in [0, 0.1) is 6.92 Å². The fraction of sp³-hybridized carbons (Fsp3) is 0.500. The first-order valence-electron chi connectivity index (χ1n) is 7.76. The van der Waals surface area contributed by atoms with E-state index in [1.54, 1.807) is 14.0 Å². The largest absolute Gasteiger partial charge is 0.480 e. The number of aryl methyl sites for hydroxylation is 1. The molecule has 0 radical (unpaired) electrons. The Bertz CT molecular complexity index is 790.